The third kappa shape index (κ3) is 2.03. The van der Waals surface area contributed by atoms with E-state index < -0.39 is 23.7 Å². The zero-order valence-electron chi connectivity index (χ0n) is 11.0. The minimum absolute atomic E-state index is 0.144. The molecule has 1 aromatic carbocycles. The van der Waals surface area contributed by atoms with Crippen LogP contribution in [0.25, 0.3) is 0 Å². The summed E-state index contributed by atoms with van der Waals surface area (Å²) in [6.07, 6.45) is 0. The first-order valence-corrected chi connectivity index (χ1v) is 6.10. The normalized spacial score (nSPS) is 14.8. The molecule has 6 nitrogen and oxygen atoms in total. The molecule has 1 aliphatic heterocycles. The molecule has 1 aliphatic rings. The number of nitriles is 1. The maximum absolute atomic E-state index is 12.0. The van der Waals surface area contributed by atoms with E-state index in [0.29, 0.717) is 5.69 Å². The lowest BCUT2D eigenvalue weighted by atomic mass is 10.1. The van der Waals surface area contributed by atoms with Gasteiger partial charge in [0.2, 0.25) is 0 Å². The third-order valence-electron chi connectivity index (χ3n) is 3.06. The molecule has 20 heavy (non-hydrogen) atoms. The standard InChI is InChI=1S/C14H12N2O4/c1-3-20-14(19)8(2)16-11-5-4-9(7-15)6-10(11)12(17)13(16)18/h4-6,8H,3H2,1-2H3. The fourth-order valence-electron chi connectivity index (χ4n) is 2.08. The van der Waals surface area contributed by atoms with E-state index in [9.17, 15) is 14.4 Å². The monoisotopic (exact) mass is 272 g/mol. The lowest BCUT2D eigenvalue weighted by molar-refractivity contribution is -0.145. The van der Waals surface area contributed by atoms with Gasteiger partial charge in [0.25, 0.3) is 11.7 Å². The quantitative estimate of drug-likeness (QED) is 0.606. The molecule has 102 valence electrons. The van der Waals surface area contributed by atoms with Crippen molar-refractivity contribution in [1.29, 1.82) is 5.26 Å². The van der Waals surface area contributed by atoms with Gasteiger partial charge in [-0.1, -0.05) is 0 Å². The second kappa shape index (κ2) is 5.13. The van der Waals surface area contributed by atoms with Crippen LogP contribution in [0.2, 0.25) is 0 Å². The summed E-state index contributed by atoms with van der Waals surface area (Å²) in [7, 11) is 0. The van der Waals surface area contributed by atoms with E-state index in [1.54, 1.807) is 6.92 Å². The molecule has 0 saturated heterocycles. The van der Waals surface area contributed by atoms with Crippen LogP contribution in [0.15, 0.2) is 18.2 Å². The number of carbonyl (C=O) groups excluding carboxylic acids is 3. The van der Waals surface area contributed by atoms with Crippen molar-refractivity contribution < 1.29 is 19.1 Å². The Morgan fingerprint density at radius 1 is 1.45 bits per heavy atom. The van der Waals surface area contributed by atoms with Gasteiger partial charge >= 0.3 is 5.97 Å². The fraction of sp³-hybridized carbons (Fsp3) is 0.286. The van der Waals surface area contributed by atoms with E-state index in [1.165, 1.54) is 25.1 Å². The Labute approximate surface area is 115 Å². The SMILES string of the molecule is CCOC(=O)C(C)N1C(=O)C(=O)c2cc(C#N)ccc21. The molecule has 1 heterocycles. The number of ketones is 1. The number of esters is 1. The minimum atomic E-state index is -0.888. The topological polar surface area (TPSA) is 87.5 Å². The number of Topliss-reactive ketones (excluding diaryl/α,β-unsaturated/α-hetero) is 1. The van der Waals surface area contributed by atoms with Gasteiger partial charge in [0, 0.05) is 0 Å². The first kappa shape index (κ1) is 13.7. The molecule has 0 aliphatic carbocycles. The lowest BCUT2D eigenvalue weighted by Crippen LogP contribution is -2.43. The number of hydrogen-bond acceptors (Lipinski definition) is 5. The van der Waals surface area contributed by atoms with Gasteiger partial charge in [-0.05, 0) is 32.0 Å². The molecule has 0 N–H and O–H groups in total. The second-order valence-corrected chi connectivity index (χ2v) is 4.28. The lowest BCUT2D eigenvalue weighted by Gasteiger charge is -2.22. The highest BCUT2D eigenvalue weighted by Gasteiger charge is 2.41. The molecule has 2 rings (SSSR count). The zero-order valence-corrected chi connectivity index (χ0v) is 11.0. The first-order valence-electron chi connectivity index (χ1n) is 6.10. The molecule has 0 spiro atoms. The van der Waals surface area contributed by atoms with E-state index in [0.717, 1.165) is 4.90 Å². The molecule has 1 amide bonds. The van der Waals surface area contributed by atoms with Crippen LogP contribution in [-0.2, 0) is 14.3 Å². The molecule has 0 fully saturated rings. The van der Waals surface area contributed by atoms with E-state index >= 15 is 0 Å². The number of rotatable bonds is 3. The molecule has 0 bridgehead atoms. The molecular weight excluding hydrogens is 260 g/mol. The van der Waals surface area contributed by atoms with Crippen molar-refractivity contribution in [1.82, 2.24) is 0 Å². The van der Waals surface area contributed by atoms with E-state index in [2.05, 4.69) is 0 Å². The van der Waals surface area contributed by atoms with Crippen LogP contribution in [0.1, 0.15) is 29.8 Å². The van der Waals surface area contributed by atoms with Crippen molar-refractivity contribution in [3.8, 4) is 6.07 Å². The number of carbonyl (C=O) groups is 3. The maximum atomic E-state index is 12.0. The number of nitrogens with zero attached hydrogens (tertiary/aromatic N) is 2. The molecule has 1 unspecified atom stereocenters. The molecule has 1 atom stereocenters. The molecule has 0 aromatic heterocycles. The van der Waals surface area contributed by atoms with E-state index in [1.807, 2.05) is 6.07 Å². The number of anilines is 1. The summed E-state index contributed by atoms with van der Waals surface area (Å²) in [4.78, 5) is 36.7. The fourth-order valence-corrected chi connectivity index (χ4v) is 2.08. The van der Waals surface area contributed by atoms with Crippen molar-refractivity contribution in [2.75, 3.05) is 11.5 Å². The predicted molar refractivity (Wildman–Crippen MR) is 69.1 cm³/mol. The van der Waals surface area contributed by atoms with Gasteiger partial charge in [0.05, 0.1) is 29.5 Å². The number of ether oxygens (including phenoxy) is 1. The number of benzene rings is 1. The highest BCUT2D eigenvalue weighted by Crippen LogP contribution is 2.31. The van der Waals surface area contributed by atoms with E-state index in [-0.39, 0.29) is 17.7 Å². The number of hydrogen-bond donors (Lipinski definition) is 0. The van der Waals surface area contributed by atoms with Crippen LogP contribution >= 0.6 is 0 Å². The summed E-state index contributed by atoms with van der Waals surface area (Å²) in [5, 5.41) is 8.82. The Balaban J connectivity index is 2.44. The van der Waals surface area contributed by atoms with Crippen LogP contribution in [0.3, 0.4) is 0 Å². The molecule has 0 saturated carbocycles. The Bertz CT molecular complexity index is 645. The molecule has 6 heteroatoms. The van der Waals surface area contributed by atoms with Crippen LogP contribution in [0, 0.1) is 11.3 Å². The molecular formula is C14H12N2O4. The first-order chi connectivity index (χ1) is 9.51. The highest BCUT2D eigenvalue weighted by molar-refractivity contribution is 6.52. The summed E-state index contributed by atoms with van der Waals surface area (Å²) in [6.45, 7) is 3.35. The van der Waals surface area contributed by atoms with Crippen LogP contribution in [0.4, 0.5) is 5.69 Å². The number of fused-ring (bicyclic) bond motifs is 1. The van der Waals surface area contributed by atoms with Gasteiger partial charge in [-0.2, -0.15) is 5.26 Å². The van der Waals surface area contributed by atoms with Crippen LogP contribution in [0.5, 0.6) is 0 Å². The van der Waals surface area contributed by atoms with E-state index in [4.69, 9.17) is 10.00 Å². The largest absolute Gasteiger partial charge is 0.464 e. The van der Waals surface area contributed by atoms with Gasteiger partial charge < -0.3 is 4.74 Å². The van der Waals surface area contributed by atoms with Gasteiger partial charge in [-0.25, -0.2) is 4.79 Å². The van der Waals surface area contributed by atoms with Crippen LogP contribution < -0.4 is 4.90 Å². The summed E-state index contributed by atoms with van der Waals surface area (Å²) < 4.78 is 4.86. The van der Waals surface area contributed by atoms with Crippen molar-refractivity contribution in [2.24, 2.45) is 0 Å². The summed E-state index contributed by atoms with van der Waals surface area (Å²) in [5.74, 6) is -2.07. The zero-order chi connectivity index (χ0) is 14.9. The molecule has 1 aromatic rings. The smallest absolute Gasteiger partial charge is 0.328 e. The highest BCUT2D eigenvalue weighted by atomic mass is 16.5. The van der Waals surface area contributed by atoms with Crippen molar-refractivity contribution in [2.45, 2.75) is 19.9 Å². The van der Waals surface area contributed by atoms with Gasteiger partial charge in [-0.3, -0.25) is 14.5 Å². The Hall–Kier alpha value is -2.68. The average molecular weight is 272 g/mol. The average Bonchev–Trinajstić information content (AvgIpc) is 2.70. The second-order valence-electron chi connectivity index (χ2n) is 4.28. The van der Waals surface area contributed by atoms with Crippen LogP contribution in [-0.4, -0.2) is 30.3 Å². The van der Waals surface area contributed by atoms with Gasteiger partial charge in [0.15, 0.2) is 0 Å². The summed E-state index contributed by atoms with van der Waals surface area (Å²) in [6, 6.07) is 5.36. The maximum Gasteiger partial charge on any atom is 0.328 e. The predicted octanol–water partition coefficient (Wildman–Crippen LogP) is 1.04. The van der Waals surface area contributed by atoms with Crippen molar-refractivity contribution in [3.63, 3.8) is 0 Å². The third-order valence-corrected chi connectivity index (χ3v) is 3.06. The van der Waals surface area contributed by atoms with Gasteiger partial charge in [-0.15, -0.1) is 0 Å². The Morgan fingerprint density at radius 2 is 2.15 bits per heavy atom. The Morgan fingerprint density at radius 3 is 2.75 bits per heavy atom. The molecule has 0 radical (unpaired) electrons. The summed E-state index contributed by atoms with van der Waals surface area (Å²) in [5.41, 5.74) is 0.764. The number of amides is 1. The van der Waals surface area contributed by atoms with Gasteiger partial charge in [0.1, 0.15) is 6.04 Å². The Kier molecular flexibility index (Phi) is 3.53. The summed E-state index contributed by atoms with van der Waals surface area (Å²) >= 11 is 0. The minimum Gasteiger partial charge on any atom is -0.464 e. The van der Waals surface area contributed by atoms with Crippen molar-refractivity contribution >= 4 is 23.3 Å². The van der Waals surface area contributed by atoms with Crippen molar-refractivity contribution in [3.05, 3.63) is 29.3 Å².